The molecule has 158 valence electrons. The molecule has 0 amide bonds. The summed E-state index contributed by atoms with van der Waals surface area (Å²) >= 11 is 0. The summed E-state index contributed by atoms with van der Waals surface area (Å²) in [6.07, 6.45) is 3.10. The molecule has 0 radical (unpaired) electrons. The third-order valence-electron chi connectivity index (χ3n) is 5.60. The first kappa shape index (κ1) is 23.8. The van der Waals surface area contributed by atoms with E-state index < -0.39 is 8.07 Å². The van der Waals surface area contributed by atoms with Crippen molar-refractivity contribution < 1.29 is 14.0 Å². The quantitative estimate of drug-likeness (QED) is 0.414. The van der Waals surface area contributed by atoms with Gasteiger partial charge in [0.15, 0.2) is 0 Å². The predicted octanol–water partition coefficient (Wildman–Crippen LogP) is 6.15. The van der Waals surface area contributed by atoms with Crippen molar-refractivity contribution in [2.24, 2.45) is 0 Å². The lowest BCUT2D eigenvalue weighted by Gasteiger charge is -2.32. The molecule has 0 unspecified atom stereocenters. The third-order valence-corrected chi connectivity index (χ3v) is 6.47. The van der Waals surface area contributed by atoms with E-state index in [4.69, 9.17) is 14.0 Å². The highest BCUT2D eigenvalue weighted by Gasteiger charge is 2.52. The fourth-order valence-corrected chi connectivity index (χ4v) is 3.56. The van der Waals surface area contributed by atoms with Crippen LogP contribution in [0.2, 0.25) is 19.6 Å². The zero-order chi connectivity index (χ0) is 21.9. The molecule has 0 aliphatic carbocycles. The van der Waals surface area contributed by atoms with Crippen molar-refractivity contribution in [2.45, 2.75) is 84.7 Å². The van der Waals surface area contributed by atoms with Gasteiger partial charge in [0.05, 0.1) is 18.3 Å². The van der Waals surface area contributed by atoms with Crippen LogP contribution in [0.25, 0.3) is 5.57 Å². The van der Waals surface area contributed by atoms with Crippen LogP contribution in [0.3, 0.4) is 0 Å². The van der Waals surface area contributed by atoms with Gasteiger partial charge in [-0.3, -0.25) is 0 Å². The Labute approximate surface area is 179 Å². The molecule has 1 saturated heterocycles. The fraction of sp³-hybridized carbons (Fsp3) is 0.583. The molecule has 1 heterocycles. The Morgan fingerprint density at radius 1 is 1.03 bits per heavy atom. The van der Waals surface area contributed by atoms with Gasteiger partial charge in [0, 0.05) is 5.57 Å². The molecule has 1 aliphatic rings. The average Bonchev–Trinajstić information content (AvgIpc) is 2.84. The molecule has 3 nitrogen and oxygen atoms in total. The molecule has 1 aliphatic heterocycles. The van der Waals surface area contributed by atoms with Gasteiger partial charge in [-0.05, 0) is 57.3 Å². The average molecular weight is 412 g/mol. The van der Waals surface area contributed by atoms with Crippen LogP contribution in [0, 0.1) is 11.5 Å². The third kappa shape index (κ3) is 6.01. The minimum atomic E-state index is -1.55. The highest BCUT2D eigenvalue weighted by molar-refractivity contribution is 6.84. The Kier molecular flexibility index (Phi) is 7.48. The van der Waals surface area contributed by atoms with E-state index >= 15 is 0 Å². The van der Waals surface area contributed by atoms with Gasteiger partial charge < -0.3 is 14.0 Å². The van der Waals surface area contributed by atoms with Crippen molar-refractivity contribution >= 4 is 20.8 Å². The Morgan fingerprint density at radius 3 is 2.03 bits per heavy atom. The number of hydrogen-bond donors (Lipinski definition) is 0. The number of methoxy groups -OCH3 is 1. The van der Waals surface area contributed by atoms with E-state index in [9.17, 15) is 0 Å². The molecular formula is C24H37BO3Si. The second kappa shape index (κ2) is 9.12. The number of benzene rings is 1. The molecule has 0 spiro atoms. The predicted molar refractivity (Wildman–Crippen MR) is 127 cm³/mol. The molecule has 0 aromatic heterocycles. The second-order valence-corrected chi connectivity index (χ2v) is 14.6. The summed E-state index contributed by atoms with van der Waals surface area (Å²) in [6, 6.07) is 8.16. The minimum Gasteiger partial charge on any atom is -0.497 e. The van der Waals surface area contributed by atoms with Crippen molar-refractivity contribution in [2.75, 3.05) is 7.11 Å². The van der Waals surface area contributed by atoms with Crippen LogP contribution in [0.1, 0.15) is 59.4 Å². The molecular weight excluding hydrogens is 375 g/mol. The zero-order valence-corrected chi connectivity index (χ0v) is 20.7. The van der Waals surface area contributed by atoms with Crippen LogP contribution in [-0.2, 0) is 9.31 Å². The first-order valence-corrected chi connectivity index (χ1v) is 14.2. The fourth-order valence-electron chi connectivity index (χ4n) is 3.06. The molecule has 1 fully saturated rings. The summed E-state index contributed by atoms with van der Waals surface area (Å²) in [4.78, 5) is 0. The van der Waals surface area contributed by atoms with E-state index in [1.165, 1.54) is 0 Å². The standard InChI is InChI=1S/C24H37BO3Si/c1-10-11-12-22(25-27-23(2,3)24(4,5)28-25)21(17-18-29(7,8)9)19-13-15-20(26-6)16-14-19/h13-16H,10-12H2,1-9H3/b22-21-. The van der Waals surface area contributed by atoms with Crippen molar-refractivity contribution in [3.63, 3.8) is 0 Å². The lowest BCUT2D eigenvalue weighted by atomic mass is 9.71. The zero-order valence-electron chi connectivity index (χ0n) is 19.7. The Bertz CT molecular complexity index is 776. The topological polar surface area (TPSA) is 27.7 Å². The maximum atomic E-state index is 6.44. The van der Waals surface area contributed by atoms with Crippen LogP contribution < -0.4 is 4.74 Å². The molecule has 1 aromatic carbocycles. The maximum Gasteiger partial charge on any atom is 0.491 e. The van der Waals surface area contributed by atoms with Gasteiger partial charge in [-0.15, -0.1) is 5.54 Å². The number of ether oxygens (including phenoxy) is 1. The summed E-state index contributed by atoms with van der Waals surface area (Å²) in [5.74, 6) is 4.39. The van der Waals surface area contributed by atoms with Gasteiger partial charge in [-0.1, -0.05) is 57.5 Å². The normalized spacial score (nSPS) is 18.7. The summed E-state index contributed by atoms with van der Waals surface area (Å²) in [6.45, 7) is 17.4. The highest BCUT2D eigenvalue weighted by atomic mass is 28.3. The number of hydrogen-bond acceptors (Lipinski definition) is 3. The van der Waals surface area contributed by atoms with Crippen LogP contribution in [-0.4, -0.2) is 33.5 Å². The maximum absolute atomic E-state index is 6.44. The van der Waals surface area contributed by atoms with Crippen molar-refractivity contribution in [1.29, 1.82) is 0 Å². The minimum absolute atomic E-state index is 0.369. The summed E-state index contributed by atoms with van der Waals surface area (Å²) < 4.78 is 18.2. The van der Waals surface area contributed by atoms with Crippen LogP contribution in [0.5, 0.6) is 5.75 Å². The Morgan fingerprint density at radius 2 is 1.59 bits per heavy atom. The molecule has 0 saturated carbocycles. The van der Waals surface area contributed by atoms with Gasteiger partial charge in [0.2, 0.25) is 0 Å². The van der Waals surface area contributed by atoms with E-state index in [0.717, 1.165) is 41.6 Å². The lowest BCUT2D eigenvalue weighted by Crippen LogP contribution is -2.41. The van der Waals surface area contributed by atoms with Crippen molar-refractivity contribution in [3.05, 3.63) is 35.3 Å². The Hall–Kier alpha value is -1.48. The molecule has 1 aromatic rings. The largest absolute Gasteiger partial charge is 0.497 e. The lowest BCUT2D eigenvalue weighted by molar-refractivity contribution is 0.00578. The van der Waals surface area contributed by atoms with E-state index in [0.29, 0.717) is 0 Å². The van der Waals surface area contributed by atoms with E-state index in [-0.39, 0.29) is 18.3 Å². The van der Waals surface area contributed by atoms with E-state index in [2.05, 4.69) is 77.9 Å². The molecule has 0 bridgehead atoms. The van der Waals surface area contributed by atoms with Gasteiger partial charge in [-0.2, -0.15) is 0 Å². The molecule has 29 heavy (non-hydrogen) atoms. The summed E-state index contributed by atoms with van der Waals surface area (Å²) in [5, 5.41) is 0. The summed E-state index contributed by atoms with van der Waals surface area (Å²) in [5.41, 5.74) is 6.11. The van der Waals surface area contributed by atoms with E-state index in [1.807, 2.05) is 12.1 Å². The van der Waals surface area contributed by atoms with Gasteiger partial charge in [-0.25, -0.2) is 0 Å². The monoisotopic (exact) mass is 412 g/mol. The Balaban J connectivity index is 2.63. The number of allylic oxidation sites excluding steroid dienone is 2. The molecule has 5 heteroatoms. The van der Waals surface area contributed by atoms with Crippen molar-refractivity contribution in [3.8, 4) is 17.2 Å². The van der Waals surface area contributed by atoms with Gasteiger partial charge in [0.25, 0.3) is 0 Å². The van der Waals surface area contributed by atoms with Crippen LogP contribution >= 0.6 is 0 Å². The van der Waals surface area contributed by atoms with E-state index in [1.54, 1.807) is 7.11 Å². The van der Waals surface area contributed by atoms with Crippen LogP contribution in [0.15, 0.2) is 29.7 Å². The smallest absolute Gasteiger partial charge is 0.491 e. The number of rotatable bonds is 6. The molecule has 0 N–H and O–H groups in total. The molecule has 0 atom stereocenters. The molecule has 2 rings (SSSR count). The SMILES string of the molecule is CCCC/C(B1OC(C)(C)C(C)(C)O1)=C(\C#C[Si](C)(C)C)c1ccc(OC)cc1. The number of unbranched alkanes of at least 4 members (excludes halogenated alkanes) is 1. The first-order valence-electron chi connectivity index (χ1n) is 10.7. The highest BCUT2D eigenvalue weighted by Crippen LogP contribution is 2.41. The van der Waals surface area contributed by atoms with Gasteiger partial charge >= 0.3 is 7.12 Å². The van der Waals surface area contributed by atoms with Crippen molar-refractivity contribution in [1.82, 2.24) is 0 Å². The second-order valence-electron chi connectivity index (χ2n) is 9.82. The summed E-state index contributed by atoms with van der Waals surface area (Å²) in [7, 11) is -0.233. The van der Waals surface area contributed by atoms with Gasteiger partial charge in [0.1, 0.15) is 13.8 Å². The van der Waals surface area contributed by atoms with Crippen LogP contribution in [0.4, 0.5) is 0 Å². The first-order chi connectivity index (χ1) is 13.4.